The SMILES string of the molecule is CCc1nc(SCc2nnc(C(=O)NCc3ccccc3)s2)n[nH]1. The number of aromatic amines is 1. The van der Waals surface area contributed by atoms with Gasteiger partial charge < -0.3 is 5.32 Å². The van der Waals surface area contributed by atoms with Crippen LogP contribution in [0.5, 0.6) is 0 Å². The maximum atomic E-state index is 12.1. The first-order valence-electron chi connectivity index (χ1n) is 7.43. The molecule has 0 spiro atoms. The van der Waals surface area contributed by atoms with Crippen LogP contribution in [-0.2, 0) is 18.7 Å². The number of hydrogen-bond acceptors (Lipinski definition) is 7. The molecule has 0 radical (unpaired) electrons. The first-order chi connectivity index (χ1) is 11.7. The number of benzene rings is 1. The van der Waals surface area contributed by atoms with Gasteiger partial charge in [-0.05, 0) is 5.56 Å². The third kappa shape index (κ3) is 4.39. The van der Waals surface area contributed by atoms with Gasteiger partial charge in [0.25, 0.3) is 5.91 Å². The van der Waals surface area contributed by atoms with Gasteiger partial charge in [0.2, 0.25) is 10.2 Å². The molecule has 9 heteroatoms. The summed E-state index contributed by atoms with van der Waals surface area (Å²) >= 11 is 2.75. The number of nitrogens with one attached hydrogen (secondary N) is 2. The smallest absolute Gasteiger partial charge is 0.282 e. The monoisotopic (exact) mass is 360 g/mol. The molecule has 0 atom stereocenters. The van der Waals surface area contributed by atoms with E-state index in [1.807, 2.05) is 37.3 Å². The third-order valence-electron chi connectivity index (χ3n) is 3.13. The number of aromatic nitrogens is 5. The highest BCUT2D eigenvalue weighted by molar-refractivity contribution is 7.98. The van der Waals surface area contributed by atoms with Crippen molar-refractivity contribution in [2.75, 3.05) is 0 Å². The van der Waals surface area contributed by atoms with Crippen LogP contribution in [0.15, 0.2) is 35.5 Å². The molecule has 1 aromatic carbocycles. The maximum Gasteiger partial charge on any atom is 0.282 e. The van der Waals surface area contributed by atoms with Crippen molar-refractivity contribution >= 4 is 29.0 Å². The molecule has 7 nitrogen and oxygen atoms in total. The predicted molar refractivity (Wildman–Crippen MR) is 92.8 cm³/mol. The minimum Gasteiger partial charge on any atom is -0.346 e. The Bertz CT molecular complexity index is 801. The molecule has 2 heterocycles. The average Bonchev–Trinajstić information content (AvgIpc) is 3.28. The normalized spacial score (nSPS) is 10.7. The second kappa shape index (κ2) is 8.02. The summed E-state index contributed by atoms with van der Waals surface area (Å²) in [5, 5.41) is 19.7. The third-order valence-corrected chi connectivity index (χ3v) is 5.09. The van der Waals surface area contributed by atoms with Crippen LogP contribution in [-0.4, -0.2) is 31.3 Å². The van der Waals surface area contributed by atoms with Crippen molar-refractivity contribution < 1.29 is 4.79 Å². The molecule has 0 aliphatic carbocycles. The van der Waals surface area contributed by atoms with Crippen molar-refractivity contribution in [3.8, 4) is 0 Å². The first-order valence-corrected chi connectivity index (χ1v) is 9.23. The minimum atomic E-state index is -0.209. The van der Waals surface area contributed by atoms with E-state index in [9.17, 15) is 4.79 Å². The van der Waals surface area contributed by atoms with Crippen molar-refractivity contribution in [2.45, 2.75) is 30.8 Å². The lowest BCUT2D eigenvalue weighted by molar-refractivity contribution is 0.0950. The summed E-state index contributed by atoms with van der Waals surface area (Å²) < 4.78 is 0. The summed E-state index contributed by atoms with van der Waals surface area (Å²) in [6, 6.07) is 9.75. The average molecular weight is 360 g/mol. The largest absolute Gasteiger partial charge is 0.346 e. The highest BCUT2D eigenvalue weighted by atomic mass is 32.2. The Morgan fingerprint density at radius 3 is 2.88 bits per heavy atom. The molecule has 0 saturated heterocycles. The van der Waals surface area contributed by atoms with Crippen LogP contribution in [0.4, 0.5) is 0 Å². The highest BCUT2D eigenvalue weighted by Crippen LogP contribution is 2.21. The van der Waals surface area contributed by atoms with Crippen molar-refractivity contribution in [3.05, 3.63) is 51.7 Å². The zero-order valence-electron chi connectivity index (χ0n) is 13.0. The van der Waals surface area contributed by atoms with Gasteiger partial charge >= 0.3 is 0 Å². The number of hydrogen-bond donors (Lipinski definition) is 2. The van der Waals surface area contributed by atoms with E-state index in [0.717, 1.165) is 22.8 Å². The lowest BCUT2D eigenvalue weighted by atomic mass is 10.2. The summed E-state index contributed by atoms with van der Waals surface area (Å²) in [6.07, 6.45) is 0.818. The van der Waals surface area contributed by atoms with Gasteiger partial charge in [-0.2, -0.15) is 0 Å². The van der Waals surface area contributed by atoms with E-state index < -0.39 is 0 Å². The van der Waals surface area contributed by atoms with E-state index in [2.05, 4.69) is 30.7 Å². The number of nitrogens with zero attached hydrogens (tertiary/aromatic N) is 4. The van der Waals surface area contributed by atoms with E-state index >= 15 is 0 Å². The van der Waals surface area contributed by atoms with Crippen LogP contribution in [0.2, 0.25) is 0 Å². The Morgan fingerprint density at radius 1 is 1.29 bits per heavy atom. The first kappa shape index (κ1) is 16.6. The second-order valence-corrected chi connectivity index (χ2v) is 6.88. The van der Waals surface area contributed by atoms with Gasteiger partial charge in [0.15, 0.2) is 0 Å². The minimum absolute atomic E-state index is 0.209. The molecule has 1 amide bonds. The van der Waals surface area contributed by atoms with E-state index in [-0.39, 0.29) is 5.91 Å². The van der Waals surface area contributed by atoms with Crippen LogP contribution < -0.4 is 5.32 Å². The van der Waals surface area contributed by atoms with E-state index in [1.165, 1.54) is 23.1 Å². The summed E-state index contributed by atoms with van der Waals surface area (Å²) in [5.74, 6) is 1.24. The topological polar surface area (TPSA) is 96.4 Å². The molecule has 3 rings (SSSR count). The maximum absolute atomic E-state index is 12.1. The molecular weight excluding hydrogens is 344 g/mol. The molecule has 0 unspecified atom stereocenters. The summed E-state index contributed by atoms with van der Waals surface area (Å²) in [7, 11) is 0. The van der Waals surface area contributed by atoms with Gasteiger partial charge in [-0.25, -0.2) is 4.98 Å². The molecule has 2 N–H and O–H groups in total. The van der Waals surface area contributed by atoms with Gasteiger partial charge in [-0.1, -0.05) is 60.4 Å². The Hall–Kier alpha value is -2.26. The number of H-pyrrole nitrogens is 1. The predicted octanol–water partition coefficient (Wildman–Crippen LogP) is 2.44. The standard InChI is InChI=1S/C15H16N6OS2/c1-2-11-17-15(21-18-11)23-9-12-19-20-14(24-12)13(22)16-8-10-6-4-3-5-7-10/h3-7H,2,8-9H2,1H3,(H,16,22)(H,17,18,21). The summed E-state index contributed by atoms with van der Waals surface area (Å²) in [5.41, 5.74) is 1.04. The number of amides is 1. The number of rotatable bonds is 7. The van der Waals surface area contributed by atoms with Gasteiger partial charge in [-0.15, -0.1) is 15.3 Å². The molecule has 0 aliphatic heterocycles. The van der Waals surface area contributed by atoms with Crippen LogP contribution >= 0.6 is 23.1 Å². The van der Waals surface area contributed by atoms with Gasteiger partial charge in [0, 0.05) is 13.0 Å². The van der Waals surface area contributed by atoms with E-state index in [0.29, 0.717) is 22.5 Å². The Kier molecular flexibility index (Phi) is 5.55. The van der Waals surface area contributed by atoms with Crippen molar-refractivity contribution in [3.63, 3.8) is 0 Å². The quantitative estimate of drug-likeness (QED) is 0.628. The summed E-state index contributed by atoms with van der Waals surface area (Å²) in [4.78, 5) is 16.4. The van der Waals surface area contributed by atoms with Gasteiger partial charge in [-0.3, -0.25) is 9.89 Å². The molecule has 3 aromatic rings. The van der Waals surface area contributed by atoms with E-state index in [1.54, 1.807) is 0 Å². The fourth-order valence-corrected chi connectivity index (χ4v) is 3.44. The molecule has 2 aromatic heterocycles. The van der Waals surface area contributed by atoms with Crippen LogP contribution in [0.3, 0.4) is 0 Å². The Labute approximate surface area is 147 Å². The van der Waals surface area contributed by atoms with Crippen LogP contribution in [0, 0.1) is 0 Å². The van der Waals surface area contributed by atoms with E-state index in [4.69, 9.17) is 0 Å². The fraction of sp³-hybridized carbons (Fsp3) is 0.267. The van der Waals surface area contributed by atoms with Crippen LogP contribution in [0.25, 0.3) is 0 Å². The van der Waals surface area contributed by atoms with Gasteiger partial charge in [0.05, 0.1) is 5.75 Å². The molecule has 24 heavy (non-hydrogen) atoms. The zero-order valence-corrected chi connectivity index (χ0v) is 14.7. The van der Waals surface area contributed by atoms with Crippen LogP contribution in [0.1, 0.15) is 33.1 Å². The number of carbonyl (C=O) groups is 1. The molecule has 0 saturated carbocycles. The van der Waals surface area contributed by atoms with Crippen molar-refractivity contribution in [1.82, 2.24) is 30.7 Å². The van der Waals surface area contributed by atoms with Crippen molar-refractivity contribution in [1.29, 1.82) is 0 Å². The molecular formula is C15H16N6OS2. The zero-order chi connectivity index (χ0) is 16.8. The van der Waals surface area contributed by atoms with Crippen molar-refractivity contribution in [2.24, 2.45) is 0 Å². The lowest BCUT2D eigenvalue weighted by Gasteiger charge is -2.01. The summed E-state index contributed by atoms with van der Waals surface area (Å²) in [6.45, 7) is 2.49. The second-order valence-electron chi connectivity index (χ2n) is 4.88. The highest BCUT2D eigenvalue weighted by Gasteiger charge is 2.13. The Morgan fingerprint density at radius 2 is 2.12 bits per heavy atom. The molecule has 124 valence electrons. The number of aryl methyl sites for hydroxylation is 1. The fourth-order valence-electron chi connectivity index (χ4n) is 1.88. The van der Waals surface area contributed by atoms with Gasteiger partial charge in [0.1, 0.15) is 10.8 Å². The number of thioether (sulfide) groups is 1. The lowest BCUT2D eigenvalue weighted by Crippen LogP contribution is -2.22. The number of carbonyl (C=O) groups excluding carboxylic acids is 1. The molecule has 0 fully saturated rings. The Balaban J connectivity index is 1.51. The molecule has 0 bridgehead atoms. The molecule has 0 aliphatic rings.